The number of hydrogen-bond donors (Lipinski definition) is 1. The molecule has 68 valence electrons. The SMILES string of the molecule is NC(=O)N=Nc1ccc(Cl)cc1Cl. The van der Waals surface area contributed by atoms with Gasteiger partial charge in [-0.1, -0.05) is 28.3 Å². The Morgan fingerprint density at radius 1 is 1.38 bits per heavy atom. The van der Waals surface area contributed by atoms with Crippen molar-refractivity contribution in [2.45, 2.75) is 0 Å². The van der Waals surface area contributed by atoms with Crippen LogP contribution in [0.2, 0.25) is 10.0 Å². The summed E-state index contributed by atoms with van der Waals surface area (Å²) in [7, 11) is 0. The highest BCUT2D eigenvalue weighted by Gasteiger charge is 1.99. The topological polar surface area (TPSA) is 67.8 Å². The molecule has 0 aromatic heterocycles. The summed E-state index contributed by atoms with van der Waals surface area (Å²) < 4.78 is 0. The van der Waals surface area contributed by atoms with E-state index in [9.17, 15) is 4.79 Å². The first-order valence-corrected chi connectivity index (χ1v) is 4.01. The molecule has 0 heterocycles. The van der Waals surface area contributed by atoms with Gasteiger partial charge in [0.2, 0.25) is 0 Å². The Balaban J connectivity index is 2.96. The van der Waals surface area contributed by atoms with Crippen molar-refractivity contribution in [3.8, 4) is 0 Å². The molecule has 1 aromatic carbocycles. The largest absolute Gasteiger partial charge is 0.356 e. The van der Waals surface area contributed by atoms with E-state index < -0.39 is 6.03 Å². The van der Waals surface area contributed by atoms with Gasteiger partial charge in [-0.3, -0.25) is 0 Å². The highest BCUT2D eigenvalue weighted by atomic mass is 35.5. The van der Waals surface area contributed by atoms with E-state index in [-0.39, 0.29) is 0 Å². The van der Waals surface area contributed by atoms with Crippen molar-refractivity contribution in [2.24, 2.45) is 16.0 Å². The van der Waals surface area contributed by atoms with Crippen LogP contribution in [-0.2, 0) is 0 Å². The molecule has 2 amide bonds. The number of halogens is 2. The van der Waals surface area contributed by atoms with E-state index in [1.807, 2.05) is 0 Å². The van der Waals surface area contributed by atoms with E-state index in [2.05, 4.69) is 10.2 Å². The predicted octanol–water partition coefficient (Wildman–Crippen LogP) is 3.16. The molecular weight excluding hydrogens is 213 g/mol. The summed E-state index contributed by atoms with van der Waals surface area (Å²) in [6.07, 6.45) is 0. The minimum Gasteiger partial charge on any atom is -0.348 e. The third-order valence-electron chi connectivity index (χ3n) is 1.17. The molecule has 0 bridgehead atoms. The van der Waals surface area contributed by atoms with Gasteiger partial charge >= 0.3 is 6.03 Å². The lowest BCUT2D eigenvalue weighted by Crippen LogP contribution is -2.01. The van der Waals surface area contributed by atoms with Gasteiger partial charge in [-0.2, -0.15) is 0 Å². The summed E-state index contributed by atoms with van der Waals surface area (Å²) in [6, 6.07) is 3.75. The molecule has 1 rings (SSSR count). The Bertz CT molecular complexity index is 365. The average molecular weight is 218 g/mol. The first kappa shape index (κ1) is 9.95. The average Bonchev–Trinajstić information content (AvgIpc) is 2.02. The van der Waals surface area contributed by atoms with Crippen LogP contribution >= 0.6 is 23.2 Å². The van der Waals surface area contributed by atoms with E-state index in [1.165, 1.54) is 12.1 Å². The van der Waals surface area contributed by atoms with Crippen molar-refractivity contribution in [3.05, 3.63) is 28.2 Å². The Morgan fingerprint density at radius 3 is 2.62 bits per heavy atom. The van der Waals surface area contributed by atoms with Gasteiger partial charge in [0.1, 0.15) is 5.69 Å². The number of nitrogens with two attached hydrogens (primary N) is 1. The number of nitrogens with zero attached hydrogens (tertiary/aromatic N) is 2. The van der Waals surface area contributed by atoms with E-state index in [0.29, 0.717) is 15.7 Å². The zero-order valence-corrected chi connectivity index (χ0v) is 7.88. The number of benzene rings is 1. The molecule has 0 aliphatic carbocycles. The van der Waals surface area contributed by atoms with Gasteiger partial charge in [0.05, 0.1) is 5.02 Å². The normalized spacial score (nSPS) is 10.6. The molecule has 1 aromatic rings. The summed E-state index contributed by atoms with van der Waals surface area (Å²) in [6.45, 7) is 0. The lowest BCUT2D eigenvalue weighted by Gasteiger charge is -1.95. The Kier molecular flexibility index (Phi) is 3.22. The third kappa shape index (κ3) is 3.01. The van der Waals surface area contributed by atoms with Crippen molar-refractivity contribution in [1.29, 1.82) is 0 Å². The molecule has 0 fully saturated rings. The van der Waals surface area contributed by atoms with Crippen LogP contribution in [-0.4, -0.2) is 6.03 Å². The van der Waals surface area contributed by atoms with E-state index in [4.69, 9.17) is 28.9 Å². The molecule has 13 heavy (non-hydrogen) atoms. The van der Waals surface area contributed by atoms with Crippen molar-refractivity contribution in [3.63, 3.8) is 0 Å². The summed E-state index contributed by atoms with van der Waals surface area (Å²) in [5.74, 6) is 0. The smallest absolute Gasteiger partial charge is 0.348 e. The minimum atomic E-state index is -0.869. The maximum absolute atomic E-state index is 10.2. The first-order chi connectivity index (χ1) is 6.09. The Hall–Kier alpha value is -1.13. The van der Waals surface area contributed by atoms with Crippen LogP contribution < -0.4 is 5.73 Å². The van der Waals surface area contributed by atoms with Crippen molar-refractivity contribution < 1.29 is 4.79 Å². The highest BCUT2D eigenvalue weighted by Crippen LogP contribution is 2.27. The van der Waals surface area contributed by atoms with Crippen LogP contribution in [0, 0.1) is 0 Å². The van der Waals surface area contributed by atoms with Crippen LogP contribution in [0.15, 0.2) is 28.4 Å². The molecule has 0 saturated heterocycles. The molecule has 0 radical (unpaired) electrons. The van der Waals surface area contributed by atoms with Crippen LogP contribution in [0.5, 0.6) is 0 Å². The molecule has 0 saturated carbocycles. The summed E-state index contributed by atoms with van der Waals surface area (Å²) in [5, 5.41) is 7.43. The second kappa shape index (κ2) is 4.20. The molecule has 0 spiro atoms. The van der Waals surface area contributed by atoms with Gasteiger partial charge < -0.3 is 5.73 Å². The van der Waals surface area contributed by atoms with Gasteiger partial charge in [0, 0.05) is 5.02 Å². The van der Waals surface area contributed by atoms with E-state index >= 15 is 0 Å². The van der Waals surface area contributed by atoms with Crippen molar-refractivity contribution in [2.75, 3.05) is 0 Å². The van der Waals surface area contributed by atoms with Gasteiger partial charge in [-0.25, -0.2) is 4.79 Å². The zero-order chi connectivity index (χ0) is 9.84. The van der Waals surface area contributed by atoms with Gasteiger partial charge in [0.25, 0.3) is 0 Å². The van der Waals surface area contributed by atoms with E-state index in [0.717, 1.165) is 0 Å². The Morgan fingerprint density at radius 2 is 2.08 bits per heavy atom. The van der Waals surface area contributed by atoms with Crippen molar-refractivity contribution in [1.82, 2.24) is 0 Å². The van der Waals surface area contributed by atoms with Crippen molar-refractivity contribution >= 4 is 34.9 Å². The number of primary amides is 1. The molecule has 2 N–H and O–H groups in total. The number of amides is 2. The quantitative estimate of drug-likeness (QED) is 0.722. The number of urea groups is 1. The standard InChI is InChI=1S/C7H5Cl2N3O/c8-4-1-2-6(5(9)3-4)11-12-7(10)13/h1-3H,(H2,10,13). The maximum atomic E-state index is 10.2. The maximum Gasteiger partial charge on any atom is 0.356 e. The van der Waals surface area contributed by atoms with Gasteiger partial charge in [-0.15, -0.1) is 5.11 Å². The molecule has 4 nitrogen and oxygen atoms in total. The number of hydrogen-bond acceptors (Lipinski definition) is 2. The molecule has 0 atom stereocenters. The fourth-order valence-corrected chi connectivity index (χ4v) is 1.11. The van der Waals surface area contributed by atoms with E-state index in [1.54, 1.807) is 6.07 Å². The summed E-state index contributed by atoms with van der Waals surface area (Å²) in [4.78, 5) is 10.2. The third-order valence-corrected chi connectivity index (χ3v) is 1.70. The lowest BCUT2D eigenvalue weighted by atomic mass is 10.3. The number of rotatable bonds is 1. The number of azo groups is 1. The first-order valence-electron chi connectivity index (χ1n) is 3.26. The Labute approximate surface area is 84.4 Å². The minimum absolute atomic E-state index is 0.317. The molecular formula is C7H5Cl2N3O. The number of carbonyl (C=O) groups is 1. The van der Waals surface area contributed by atoms with Crippen LogP contribution in [0.4, 0.5) is 10.5 Å². The van der Waals surface area contributed by atoms with Crippen LogP contribution in [0.3, 0.4) is 0 Å². The van der Waals surface area contributed by atoms with Gasteiger partial charge in [0.15, 0.2) is 0 Å². The second-order valence-corrected chi connectivity index (χ2v) is 2.98. The molecule has 6 heteroatoms. The fraction of sp³-hybridized carbons (Fsp3) is 0. The zero-order valence-electron chi connectivity index (χ0n) is 6.37. The fourth-order valence-electron chi connectivity index (χ4n) is 0.666. The monoisotopic (exact) mass is 217 g/mol. The summed E-state index contributed by atoms with van der Waals surface area (Å²) >= 11 is 11.4. The number of carbonyl (C=O) groups excluding carboxylic acids is 1. The van der Waals surface area contributed by atoms with Crippen LogP contribution in [0.25, 0.3) is 0 Å². The molecule has 0 aliphatic heterocycles. The second-order valence-electron chi connectivity index (χ2n) is 2.13. The molecule has 0 aliphatic rings. The predicted molar refractivity (Wildman–Crippen MR) is 50.6 cm³/mol. The summed E-state index contributed by atoms with van der Waals surface area (Å²) in [5.41, 5.74) is 5.10. The molecule has 0 unspecified atom stereocenters. The highest BCUT2D eigenvalue weighted by molar-refractivity contribution is 6.36. The van der Waals surface area contributed by atoms with Crippen LogP contribution in [0.1, 0.15) is 0 Å². The van der Waals surface area contributed by atoms with Gasteiger partial charge in [-0.05, 0) is 18.2 Å². The lowest BCUT2D eigenvalue weighted by molar-refractivity contribution is 0.255.